The number of hydrogen-bond donors (Lipinski definition) is 1. The highest BCUT2D eigenvalue weighted by Crippen LogP contribution is 2.35. The Balaban J connectivity index is 2.60. The number of halogens is 1. The van der Waals surface area contributed by atoms with E-state index in [-0.39, 0.29) is 27.6 Å². The summed E-state index contributed by atoms with van der Waals surface area (Å²) < 4.78 is 56.1. The molecule has 0 bridgehead atoms. The summed E-state index contributed by atoms with van der Waals surface area (Å²) in [7, 11) is -0.269. The summed E-state index contributed by atoms with van der Waals surface area (Å²) in [5.41, 5.74) is 0.180. The number of anilines is 1. The first kappa shape index (κ1) is 19.5. The van der Waals surface area contributed by atoms with Crippen LogP contribution in [-0.4, -0.2) is 35.7 Å². The van der Waals surface area contributed by atoms with Gasteiger partial charge < -0.3 is 14.2 Å². The zero-order valence-corrected chi connectivity index (χ0v) is 15.4. The van der Waals surface area contributed by atoms with Crippen LogP contribution in [0.15, 0.2) is 35.2 Å². The Morgan fingerprint density at radius 3 is 2.23 bits per heavy atom. The van der Waals surface area contributed by atoms with Gasteiger partial charge in [-0.25, -0.2) is 17.6 Å². The smallest absolute Gasteiger partial charge is 0.340 e. The van der Waals surface area contributed by atoms with Gasteiger partial charge in [-0.05, 0) is 24.6 Å². The second-order valence-corrected chi connectivity index (χ2v) is 6.91. The van der Waals surface area contributed by atoms with E-state index < -0.39 is 21.8 Å². The lowest BCUT2D eigenvalue weighted by atomic mass is 10.1. The monoisotopic (exact) mass is 383 g/mol. The molecule has 9 heteroatoms. The number of nitrogens with one attached hydrogen (secondary N) is 1. The number of benzene rings is 2. The van der Waals surface area contributed by atoms with Crippen LogP contribution in [0.25, 0.3) is 0 Å². The van der Waals surface area contributed by atoms with Crippen molar-refractivity contribution in [2.75, 3.05) is 26.1 Å². The molecule has 2 aromatic carbocycles. The average molecular weight is 383 g/mol. The summed E-state index contributed by atoms with van der Waals surface area (Å²) >= 11 is 0. The molecular formula is C17H18FNO6S. The maximum atomic E-state index is 13.5. The van der Waals surface area contributed by atoms with Crippen molar-refractivity contribution in [2.24, 2.45) is 0 Å². The molecule has 0 fully saturated rings. The van der Waals surface area contributed by atoms with Crippen LogP contribution < -0.4 is 14.2 Å². The summed E-state index contributed by atoms with van der Waals surface area (Å²) in [5, 5.41) is 0. The Labute approximate surface area is 150 Å². The fraction of sp³-hybridized carbons (Fsp3) is 0.235. The van der Waals surface area contributed by atoms with Crippen LogP contribution in [0.2, 0.25) is 0 Å². The molecule has 0 aromatic heterocycles. The predicted octanol–water partition coefficient (Wildman–Crippen LogP) is 2.74. The van der Waals surface area contributed by atoms with E-state index in [0.717, 1.165) is 19.2 Å². The normalized spacial score (nSPS) is 11.0. The van der Waals surface area contributed by atoms with Crippen LogP contribution in [0.1, 0.15) is 15.9 Å². The number of sulfonamides is 1. The summed E-state index contributed by atoms with van der Waals surface area (Å²) in [6, 6.07) is 5.98. The van der Waals surface area contributed by atoms with Gasteiger partial charge in [-0.15, -0.1) is 0 Å². The van der Waals surface area contributed by atoms with E-state index in [1.54, 1.807) is 0 Å². The zero-order valence-electron chi connectivity index (χ0n) is 14.6. The van der Waals surface area contributed by atoms with Crippen LogP contribution in [0.4, 0.5) is 10.1 Å². The topological polar surface area (TPSA) is 90.9 Å². The van der Waals surface area contributed by atoms with Crippen LogP contribution >= 0.6 is 0 Å². The van der Waals surface area contributed by atoms with E-state index >= 15 is 0 Å². The molecule has 1 N–H and O–H groups in total. The SMILES string of the molecule is COC(=O)c1cc(OC)c(OC)cc1NS(=O)(=O)c1cc(F)ccc1C. The molecular weight excluding hydrogens is 365 g/mol. The molecule has 0 aliphatic rings. The molecule has 0 saturated carbocycles. The fourth-order valence-electron chi connectivity index (χ4n) is 2.31. The molecule has 0 saturated heterocycles. The van der Waals surface area contributed by atoms with Crippen LogP contribution in [0.3, 0.4) is 0 Å². The molecule has 0 spiro atoms. The van der Waals surface area contributed by atoms with E-state index in [4.69, 9.17) is 9.47 Å². The molecule has 0 heterocycles. The minimum Gasteiger partial charge on any atom is -0.493 e. The van der Waals surface area contributed by atoms with E-state index in [1.165, 1.54) is 39.3 Å². The molecule has 0 amide bonds. The Morgan fingerprint density at radius 2 is 1.65 bits per heavy atom. The minimum absolute atomic E-state index is 0.0808. The molecule has 2 aromatic rings. The molecule has 2 rings (SSSR count). The molecule has 140 valence electrons. The highest BCUT2D eigenvalue weighted by atomic mass is 32.2. The maximum absolute atomic E-state index is 13.5. The molecule has 0 radical (unpaired) electrons. The first-order valence-corrected chi connectivity index (χ1v) is 8.85. The second kappa shape index (κ2) is 7.61. The Hall–Kier alpha value is -2.81. The second-order valence-electron chi connectivity index (χ2n) is 5.26. The van der Waals surface area contributed by atoms with E-state index in [9.17, 15) is 17.6 Å². The number of ether oxygens (including phenoxy) is 3. The third kappa shape index (κ3) is 3.88. The number of carbonyl (C=O) groups excluding carboxylic acids is 1. The summed E-state index contributed by atoms with van der Waals surface area (Å²) in [5.74, 6) is -1.05. The van der Waals surface area contributed by atoms with Crippen LogP contribution in [0, 0.1) is 12.7 Å². The quantitative estimate of drug-likeness (QED) is 0.772. The molecule has 0 aliphatic carbocycles. The first-order valence-electron chi connectivity index (χ1n) is 7.36. The van der Waals surface area contributed by atoms with E-state index in [0.29, 0.717) is 5.56 Å². The average Bonchev–Trinajstić information content (AvgIpc) is 2.62. The number of esters is 1. The van der Waals surface area contributed by atoms with Gasteiger partial charge in [-0.2, -0.15) is 0 Å². The van der Waals surface area contributed by atoms with Crippen LogP contribution in [-0.2, 0) is 14.8 Å². The Kier molecular flexibility index (Phi) is 5.71. The van der Waals surface area contributed by atoms with Crippen molar-refractivity contribution < 1.29 is 31.8 Å². The van der Waals surface area contributed by atoms with Crippen molar-refractivity contribution in [1.82, 2.24) is 0 Å². The summed E-state index contributed by atoms with van der Waals surface area (Å²) in [6.45, 7) is 1.53. The number of rotatable bonds is 6. The van der Waals surface area contributed by atoms with Gasteiger partial charge in [-0.1, -0.05) is 6.07 Å². The molecule has 0 atom stereocenters. The van der Waals surface area contributed by atoms with Gasteiger partial charge in [0.05, 0.1) is 37.5 Å². The molecule has 7 nitrogen and oxygen atoms in total. The van der Waals surface area contributed by atoms with Gasteiger partial charge in [0.1, 0.15) is 5.82 Å². The van der Waals surface area contributed by atoms with Crippen molar-refractivity contribution in [3.63, 3.8) is 0 Å². The lowest BCUT2D eigenvalue weighted by Gasteiger charge is -2.16. The summed E-state index contributed by atoms with van der Waals surface area (Å²) in [6.07, 6.45) is 0. The highest BCUT2D eigenvalue weighted by molar-refractivity contribution is 7.92. The Bertz CT molecular complexity index is 943. The van der Waals surface area contributed by atoms with Crippen molar-refractivity contribution in [1.29, 1.82) is 0 Å². The summed E-state index contributed by atoms with van der Waals surface area (Å²) in [4.78, 5) is 11.8. The minimum atomic E-state index is -4.17. The standard InChI is InChI=1S/C17H18FNO6S/c1-10-5-6-11(18)7-16(10)26(21,22)19-13-9-15(24-3)14(23-2)8-12(13)17(20)25-4/h5-9,19H,1-4H3. The fourth-order valence-corrected chi connectivity index (χ4v) is 3.63. The predicted molar refractivity (Wildman–Crippen MR) is 92.8 cm³/mol. The lowest BCUT2D eigenvalue weighted by Crippen LogP contribution is -2.17. The van der Waals surface area contributed by atoms with Crippen LogP contribution in [0.5, 0.6) is 11.5 Å². The number of hydrogen-bond acceptors (Lipinski definition) is 6. The van der Waals surface area contributed by atoms with Crippen molar-refractivity contribution in [3.8, 4) is 11.5 Å². The number of carbonyl (C=O) groups is 1. The third-order valence-electron chi connectivity index (χ3n) is 3.61. The van der Waals surface area contributed by atoms with Gasteiger partial charge >= 0.3 is 5.97 Å². The molecule has 0 aliphatic heterocycles. The van der Waals surface area contributed by atoms with E-state index in [2.05, 4.69) is 9.46 Å². The number of methoxy groups -OCH3 is 3. The third-order valence-corrected chi connectivity index (χ3v) is 5.12. The van der Waals surface area contributed by atoms with Gasteiger partial charge in [-0.3, -0.25) is 4.72 Å². The van der Waals surface area contributed by atoms with Gasteiger partial charge in [0.25, 0.3) is 10.0 Å². The number of aryl methyl sites for hydroxylation is 1. The van der Waals surface area contributed by atoms with Gasteiger partial charge in [0.2, 0.25) is 0 Å². The van der Waals surface area contributed by atoms with Crippen molar-refractivity contribution in [2.45, 2.75) is 11.8 Å². The molecule has 26 heavy (non-hydrogen) atoms. The van der Waals surface area contributed by atoms with Gasteiger partial charge in [0.15, 0.2) is 11.5 Å². The first-order chi connectivity index (χ1) is 12.2. The van der Waals surface area contributed by atoms with Gasteiger partial charge in [0, 0.05) is 12.1 Å². The zero-order chi connectivity index (χ0) is 19.5. The van der Waals surface area contributed by atoms with Crippen molar-refractivity contribution in [3.05, 3.63) is 47.3 Å². The Morgan fingerprint density at radius 1 is 1.04 bits per heavy atom. The largest absolute Gasteiger partial charge is 0.493 e. The lowest BCUT2D eigenvalue weighted by molar-refractivity contribution is 0.0601. The maximum Gasteiger partial charge on any atom is 0.340 e. The van der Waals surface area contributed by atoms with Crippen molar-refractivity contribution >= 4 is 21.7 Å². The highest BCUT2D eigenvalue weighted by Gasteiger charge is 2.24. The molecule has 0 unspecified atom stereocenters. The van der Waals surface area contributed by atoms with E-state index in [1.807, 2.05) is 0 Å².